The zero-order valence-corrected chi connectivity index (χ0v) is 16.1. The van der Waals surface area contributed by atoms with Crippen LogP contribution >= 0.6 is 11.6 Å². The predicted molar refractivity (Wildman–Crippen MR) is 101 cm³/mol. The molecule has 0 fully saturated rings. The Kier molecular flexibility index (Phi) is 7.62. The van der Waals surface area contributed by atoms with Crippen LogP contribution in [0.25, 0.3) is 0 Å². The number of anilines is 1. The van der Waals surface area contributed by atoms with Gasteiger partial charge < -0.3 is 15.8 Å². The maximum Gasteiger partial charge on any atom is 0.414 e. The highest BCUT2D eigenvalue weighted by molar-refractivity contribution is 6.31. The predicted octanol–water partition coefficient (Wildman–Crippen LogP) is 3.19. The van der Waals surface area contributed by atoms with Crippen LogP contribution in [0.3, 0.4) is 0 Å². The number of hydrogen-bond acceptors (Lipinski definition) is 5. The van der Waals surface area contributed by atoms with Gasteiger partial charge in [0.2, 0.25) is 0 Å². The third-order valence-electron chi connectivity index (χ3n) is 3.16. The molecule has 0 heterocycles. The first-order valence-corrected chi connectivity index (χ1v) is 8.35. The average Bonchev–Trinajstić information content (AvgIpc) is 2.53. The summed E-state index contributed by atoms with van der Waals surface area (Å²) in [5, 5.41) is 12.4. The van der Waals surface area contributed by atoms with Crippen molar-refractivity contribution in [1.82, 2.24) is 4.90 Å². The number of nitrogens with one attached hydrogen (secondary N) is 1. The summed E-state index contributed by atoms with van der Waals surface area (Å²) in [7, 11) is 0. The lowest BCUT2D eigenvalue weighted by Crippen LogP contribution is -2.37. The minimum Gasteiger partial charge on any atom is -0.443 e. The SMILES string of the molecule is Cc1c(Cl)cccc1NC(=O)/C(C#N)=C\N(CCN)C(=O)OC(C)(C)C. The van der Waals surface area contributed by atoms with Gasteiger partial charge in [-0.2, -0.15) is 5.26 Å². The summed E-state index contributed by atoms with van der Waals surface area (Å²) in [6.07, 6.45) is 0.443. The minimum atomic E-state index is -0.718. The van der Waals surface area contributed by atoms with E-state index in [1.165, 1.54) is 0 Å². The molecule has 7 nitrogen and oxygen atoms in total. The fourth-order valence-electron chi connectivity index (χ4n) is 1.89. The van der Waals surface area contributed by atoms with Gasteiger partial charge in [0.15, 0.2) is 0 Å². The molecular formula is C18H23ClN4O3. The van der Waals surface area contributed by atoms with Gasteiger partial charge in [0.05, 0.1) is 0 Å². The van der Waals surface area contributed by atoms with E-state index in [-0.39, 0.29) is 18.7 Å². The number of rotatable bonds is 5. The third-order valence-corrected chi connectivity index (χ3v) is 3.57. The van der Waals surface area contributed by atoms with E-state index in [2.05, 4.69) is 5.32 Å². The lowest BCUT2D eigenvalue weighted by Gasteiger charge is -2.25. The average molecular weight is 379 g/mol. The van der Waals surface area contributed by atoms with Crippen molar-refractivity contribution in [1.29, 1.82) is 5.26 Å². The minimum absolute atomic E-state index is 0.101. The molecule has 0 aliphatic rings. The van der Waals surface area contributed by atoms with Crippen molar-refractivity contribution in [2.24, 2.45) is 5.73 Å². The standard InChI is InChI=1S/C18H23ClN4O3/c1-12-14(19)6-5-7-15(12)22-16(24)13(10-21)11-23(9-8-20)17(25)26-18(2,3)4/h5-7,11H,8-9,20H2,1-4H3,(H,22,24)/b13-11-. The van der Waals surface area contributed by atoms with Crippen LogP contribution in [0.2, 0.25) is 5.02 Å². The van der Waals surface area contributed by atoms with E-state index in [1.54, 1.807) is 52.0 Å². The molecule has 26 heavy (non-hydrogen) atoms. The van der Waals surface area contributed by atoms with Crippen LogP contribution in [0.15, 0.2) is 30.0 Å². The summed E-state index contributed by atoms with van der Waals surface area (Å²) in [5.41, 5.74) is 5.68. The van der Waals surface area contributed by atoms with Crippen molar-refractivity contribution in [3.05, 3.63) is 40.6 Å². The summed E-state index contributed by atoms with van der Waals surface area (Å²) in [5.74, 6) is -0.663. The first kappa shape index (κ1) is 21.5. The van der Waals surface area contributed by atoms with Crippen LogP contribution < -0.4 is 11.1 Å². The summed E-state index contributed by atoms with van der Waals surface area (Å²) in [6.45, 7) is 7.14. The lowest BCUT2D eigenvalue weighted by atomic mass is 10.2. The molecule has 1 aromatic carbocycles. The Labute approximate surface area is 158 Å². The molecule has 0 radical (unpaired) electrons. The van der Waals surface area contributed by atoms with Gasteiger partial charge in [-0.05, 0) is 45.4 Å². The topological polar surface area (TPSA) is 108 Å². The second-order valence-corrected chi connectivity index (χ2v) is 6.89. The van der Waals surface area contributed by atoms with Gasteiger partial charge in [0, 0.05) is 30.0 Å². The smallest absolute Gasteiger partial charge is 0.414 e. The van der Waals surface area contributed by atoms with E-state index >= 15 is 0 Å². The van der Waals surface area contributed by atoms with Gasteiger partial charge in [-0.25, -0.2) is 4.79 Å². The molecule has 2 amide bonds. The fraction of sp³-hybridized carbons (Fsp3) is 0.389. The van der Waals surface area contributed by atoms with Gasteiger partial charge in [0.25, 0.3) is 5.91 Å². The van der Waals surface area contributed by atoms with Crippen LogP contribution in [0.4, 0.5) is 10.5 Å². The number of benzene rings is 1. The van der Waals surface area contributed by atoms with Gasteiger partial charge in [-0.3, -0.25) is 9.69 Å². The number of ether oxygens (including phenoxy) is 1. The number of amides is 2. The number of nitrogens with two attached hydrogens (primary N) is 1. The molecule has 1 aromatic rings. The van der Waals surface area contributed by atoms with Crippen molar-refractivity contribution in [3.8, 4) is 6.07 Å². The lowest BCUT2D eigenvalue weighted by molar-refractivity contribution is -0.112. The van der Waals surface area contributed by atoms with Crippen LogP contribution in [-0.4, -0.2) is 35.6 Å². The summed E-state index contributed by atoms with van der Waals surface area (Å²) >= 11 is 6.03. The van der Waals surface area contributed by atoms with Crippen molar-refractivity contribution < 1.29 is 14.3 Å². The molecule has 0 aromatic heterocycles. The second-order valence-electron chi connectivity index (χ2n) is 6.48. The fourth-order valence-corrected chi connectivity index (χ4v) is 2.07. The van der Waals surface area contributed by atoms with Crippen molar-refractivity contribution in [2.45, 2.75) is 33.3 Å². The van der Waals surface area contributed by atoms with Crippen LogP contribution in [0.1, 0.15) is 26.3 Å². The third kappa shape index (κ3) is 6.39. The Morgan fingerprint density at radius 1 is 1.42 bits per heavy atom. The Hall–Kier alpha value is -2.56. The number of carbonyl (C=O) groups excluding carboxylic acids is 2. The van der Waals surface area contributed by atoms with E-state index in [0.29, 0.717) is 16.3 Å². The molecule has 0 unspecified atom stereocenters. The summed E-state index contributed by atoms with van der Waals surface area (Å²) < 4.78 is 5.26. The number of carbonyl (C=O) groups is 2. The largest absolute Gasteiger partial charge is 0.443 e. The van der Waals surface area contributed by atoms with Crippen LogP contribution in [0.5, 0.6) is 0 Å². The first-order valence-electron chi connectivity index (χ1n) is 7.97. The van der Waals surface area contributed by atoms with Gasteiger partial charge >= 0.3 is 6.09 Å². The second kappa shape index (κ2) is 9.22. The quantitative estimate of drug-likeness (QED) is 0.604. The van der Waals surface area contributed by atoms with E-state index in [9.17, 15) is 14.9 Å². The summed E-state index contributed by atoms with van der Waals surface area (Å²) in [6, 6.07) is 6.83. The first-order chi connectivity index (χ1) is 12.1. The molecule has 0 bridgehead atoms. The molecule has 0 aliphatic heterocycles. The van der Waals surface area contributed by atoms with Gasteiger partial charge in [0.1, 0.15) is 17.2 Å². The molecule has 0 saturated heterocycles. The van der Waals surface area contributed by atoms with Crippen molar-refractivity contribution >= 4 is 29.3 Å². The molecule has 8 heteroatoms. The van der Waals surface area contributed by atoms with E-state index in [4.69, 9.17) is 22.1 Å². The number of halogens is 1. The molecule has 0 atom stereocenters. The highest BCUT2D eigenvalue weighted by Crippen LogP contribution is 2.23. The Bertz CT molecular complexity index is 748. The van der Waals surface area contributed by atoms with Crippen molar-refractivity contribution in [3.63, 3.8) is 0 Å². The van der Waals surface area contributed by atoms with E-state index in [1.807, 2.05) is 0 Å². The Morgan fingerprint density at radius 2 is 2.08 bits per heavy atom. The zero-order chi connectivity index (χ0) is 19.9. The number of nitriles is 1. The molecule has 1 rings (SSSR count). The highest BCUT2D eigenvalue weighted by Gasteiger charge is 2.22. The van der Waals surface area contributed by atoms with E-state index < -0.39 is 17.6 Å². The van der Waals surface area contributed by atoms with Crippen LogP contribution in [-0.2, 0) is 9.53 Å². The number of nitrogens with zero attached hydrogens (tertiary/aromatic N) is 2. The maximum atomic E-state index is 12.4. The monoisotopic (exact) mass is 378 g/mol. The highest BCUT2D eigenvalue weighted by atomic mass is 35.5. The van der Waals surface area contributed by atoms with Gasteiger partial charge in [-0.15, -0.1) is 0 Å². The molecule has 3 N–H and O–H groups in total. The molecule has 0 aliphatic carbocycles. The van der Waals surface area contributed by atoms with Crippen molar-refractivity contribution in [2.75, 3.05) is 18.4 Å². The van der Waals surface area contributed by atoms with E-state index in [0.717, 1.165) is 11.1 Å². The van der Waals surface area contributed by atoms with Crippen LogP contribution in [0, 0.1) is 18.3 Å². The molecule has 140 valence electrons. The molecular weight excluding hydrogens is 356 g/mol. The Balaban J connectivity index is 3.05. The van der Waals surface area contributed by atoms with Gasteiger partial charge in [-0.1, -0.05) is 17.7 Å². The Morgan fingerprint density at radius 3 is 2.62 bits per heavy atom. The number of hydrogen-bond donors (Lipinski definition) is 2. The maximum absolute atomic E-state index is 12.4. The molecule has 0 saturated carbocycles. The molecule has 0 spiro atoms. The zero-order valence-electron chi connectivity index (χ0n) is 15.3. The normalized spacial score (nSPS) is 11.5. The summed E-state index contributed by atoms with van der Waals surface area (Å²) in [4.78, 5) is 25.7.